The molecule has 0 aromatic heterocycles. The molecule has 78 valence electrons. The average Bonchev–Trinajstić information content (AvgIpc) is 2.06. The van der Waals surface area contributed by atoms with Crippen LogP contribution in [0.2, 0.25) is 0 Å². The molecule has 0 aliphatic carbocycles. The standard InChI is InChI=1S/C7H12O3S.C2H6/c1-3-5-7(6-4-2)11(8,9)10;1-2/h3-6,8-10H,1H2,2H3;1-2H3/b6-4-,7-5+;. The van der Waals surface area contributed by atoms with Crippen LogP contribution in [0.15, 0.2) is 35.8 Å². The molecule has 0 radical (unpaired) electrons. The van der Waals surface area contributed by atoms with Crippen LogP contribution >= 0.6 is 10.9 Å². The Labute approximate surface area is 81.7 Å². The van der Waals surface area contributed by atoms with E-state index in [0.29, 0.717) is 0 Å². The van der Waals surface area contributed by atoms with Crippen LogP contribution in [0.5, 0.6) is 0 Å². The molecule has 0 spiro atoms. The highest BCUT2D eigenvalue weighted by Crippen LogP contribution is 2.43. The highest BCUT2D eigenvalue weighted by molar-refractivity contribution is 8.23. The Hall–Kier alpha value is -0.550. The number of rotatable bonds is 3. The second-order valence-corrected chi connectivity index (χ2v) is 3.33. The molecule has 0 aliphatic heterocycles. The molecule has 0 aromatic rings. The lowest BCUT2D eigenvalue weighted by Crippen LogP contribution is -1.96. The summed E-state index contributed by atoms with van der Waals surface area (Å²) in [5.41, 5.74) is 0. The van der Waals surface area contributed by atoms with Gasteiger partial charge in [0.05, 0.1) is 4.91 Å². The molecule has 13 heavy (non-hydrogen) atoms. The van der Waals surface area contributed by atoms with Crippen molar-refractivity contribution in [1.82, 2.24) is 0 Å². The molecule has 3 N–H and O–H groups in total. The van der Waals surface area contributed by atoms with Crippen LogP contribution in [0.4, 0.5) is 0 Å². The summed E-state index contributed by atoms with van der Waals surface area (Å²) in [6.07, 6.45) is 5.73. The van der Waals surface area contributed by atoms with Gasteiger partial charge in [0.15, 0.2) is 0 Å². The fourth-order valence-corrected chi connectivity index (χ4v) is 1.12. The van der Waals surface area contributed by atoms with E-state index in [2.05, 4.69) is 6.58 Å². The lowest BCUT2D eigenvalue weighted by molar-refractivity contribution is 0.386. The first kappa shape index (κ1) is 14.9. The maximum Gasteiger partial charge on any atom is 0.112 e. The quantitative estimate of drug-likeness (QED) is 0.614. The van der Waals surface area contributed by atoms with Gasteiger partial charge in [-0.15, -0.1) is 0 Å². The summed E-state index contributed by atoms with van der Waals surface area (Å²) in [7, 11) is -3.59. The lowest BCUT2D eigenvalue weighted by atomic mass is 10.4. The zero-order valence-electron chi connectivity index (χ0n) is 8.27. The molecule has 0 aliphatic rings. The third kappa shape index (κ3) is 7.80. The summed E-state index contributed by atoms with van der Waals surface area (Å²) in [6, 6.07) is 0. The van der Waals surface area contributed by atoms with Gasteiger partial charge in [0.25, 0.3) is 0 Å². The minimum absolute atomic E-state index is 0.0648. The normalized spacial score (nSPS) is 13.5. The molecule has 0 amide bonds. The SMILES string of the molecule is C=C/C=C(\C=C/C)S(O)(O)O.CC. The predicted molar refractivity (Wildman–Crippen MR) is 59.9 cm³/mol. The van der Waals surface area contributed by atoms with Gasteiger partial charge in [0.2, 0.25) is 0 Å². The summed E-state index contributed by atoms with van der Waals surface area (Å²) in [5.74, 6) is 0. The van der Waals surface area contributed by atoms with Gasteiger partial charge in [-0.05, 0) is 19.1 Å². The molecule has 0 heterocycles. The second kappa shape index (κ2) is 8.07. The van der Waals surface area contributed by atoms with Crippen molar-refractivity contribution in [2.24, 2.45) is 0 Å². The maximum atomic E-state index is 8.77. The Morgan fingerprint density at radius 2 is 1.69 bits per heavy atom. The topological polar surface area (TPSA) is 60.7 Å². The fraction of sp³-hybridized carbons (Fsp3) is 0.333. The van der Waals surface area contributed by atoms with E-state index in [4.69, 9.17) is 13.7 Å². The molecule has 0 aromatic carbocycles. The van der Waals surface area contributed by atoms with Crippen LogP contribution in [0, 0.1) is 0 Å². The van der Waals surface area contributed by atoms with Crippen molar-refractivity contribution in [1.29, 1.82) is 0 Å². The van der Waals surface area contributed by atoms with Gasteiger partial charge in [-0.2, -0.15) is 0 Å². The minimum Gasteiger partial charge on any atom is -0.304 e. The molecule has 0 fully saturated rings. The molecule has 4 heteroatoms. The number of hydrogen-bond acceptors (Lipinski definition) is 3. The van der Waals surface area contributed by atoms with Gasteiger partial charge in [0.1, 0.15) is 10.9 Å². The van der Waals surface area contributed by atoms with E-state index in [9.17, 15) is 0 Å². The summed E-state index contributed by atoms with van der Waals surface area (Å²) >= 11 is 0. The Morgan fingerprint density at radius 3 is 1.92 bits per heavy atom. The van der Waals surface area contributed by atoms with E-state index in [-0.39, 0.29) is 4.91 Å². The third-order valence-corrected chi connectivity index (χ3v) is 1.83. The zero-order chi connectivity index (χ0) is 10.9. The van der Waals surface area contributed by atoms with Crippen molar-refractivity contribution in [2.75, 3.05) is 0 Å². The van der Waals surface area contributed by atoms with E-state index in [1.165, 1.54) is 18.2 Å². The van der Waals surface area contributed by atoms with Crippen molar-refractivity contribution in [3.05, 3.63) is 35.8 Å². The van der Waals surface area contributed by atoms with Crippen molar-refractivity contribution in [3.63, 3.8) is 0 Å². The molecule has 0 bridgehead atoms. The summed E-state index contributed by atoms with van der Waals surface area (Å²) in [5, 5.41) is 0. The first-order valence-electron chi connectivity index (χ1n) is 3.98. The van der Waals surface area contributed by atoms with Crippen LogP contribution in [0.3, 0.4) is 0 Å². The van der Waals surface area contributed by atoms with E-state index < -0.39 is 10.9 Å². The predicted octanol–water partition coefficient (Wildman–Crippen LogP) is 3.88. The Morgan fingerprint density at radius 1 is 1.23 bits per heavy atom. The van der Waals surface area contributed by atoms with Gasteiger partial charge in [-0.3, -0.25) is 0 Å². The minimum atomic E-state index is -3.59. The second-order valence-electron chi connectivity index (χ2n) is 1.82. The summed E-state index contributed by atoms with van der Waals surface area (Å²) in [6.45, 7) is 9.08. The number of allylic oxidation sites excluding steroid dienone is 4. The molecular formula is C9H18O3S. The van der Waals surface area contributed by atoms with E-state index in [1.807, 2.05) is 13.8 Å². The molecular weight excluding hydrogens is 188 g/mol. The van der Waals surface area contributed by atoms with E-state index in [0.717, 1.165) is 0 Å². The Bertz CT molecular complexity index is 190. The molecule has 3 nitrogen and oxygen atoms in total. The molecule has 0 saturated carbocycles. The van der Waals surface area contributed by atoms with E-state index >= 15 is 0 Å². The Kier molecular flexibility index (Phi) is 9.27. The third-order valence-electron chi connectivity index (χ3n) is 0.929. The Balaban J connectivity index is 0. The van der Waals surface area contributed by atoms with Crippen molar-refractivity contribution < 1.29 is 13.7 Å². The van der Waals surface area contributed by atoms with Crippen molar-refractivity contribution in [2.45, 2.75) is 20.8 Å². The monoisotopic (exact) mass is 206 g/mol. The van der Waals surface area contributed by atoms with Crippen LogP contribution in [-0.2, 0) is 0 Å². The van der Waals surface area contributed by atoms with Gasteiger partial charge in [0, 0.05) is 0 Å². The molecule has 0 atom stereocenters. The molecule has 0 rings (SSSR count). The van der Waals surface area contributed by atoms with Gasteiger partial charge >= 0.3 is 0 Å². The van der Waals surface area contributed by atoms with Crippen LogP contribution in [0.25, 0.3) is 0 Å². The summed E-state index contributed by atoms with van der Waals surface area (Å²) in [4.78, 5) is 0.0648. The van der Waals surface area contributed by atoms with Crippen LogP contribution < -0.4 is 0 Å². The first-order chi connectivity index (χ1) is 6.02. The fourth-order valence-electron chi connectivity index (χ4n) is 0.519. The number of hydrogen-bond donors (Lipinski definition) is 3. The highest BCUT2D eigenvalue weighted by Gasteiger charge is 2.14. The van der Waals surface area contributed by atoms with Crippen molar-refractivity contribution >= 4 is 10.9 Å². The maximum absolute atomic E-state index is 8.77. The van der Waals surface area contributed by atoms with Crippen LogP contribution in [-0.4, -0.2) is 13.7 Å². The van der Waals surface area contributed by atoms with Gasteiger partial charge in [-0.25, -0.2) is 0 Å². The highest BCUT2D eigenvalue weighted by atomic mass is 32.3. The smallest absolute Gasteiger partial charge is 0.112 e. The molecule has 0 unspecified atom stereocenters. The zero-order valence-corrected chi connectivity index (χ0v) is 9.08. The van der Waals surface area contributed by atoms with Gasteiger partial charge in [-0.1, -0.05) is 32.6 Å². The largest absolute Gasteiger partial charge is 0.304 e. The van der Waals surface area contributed by atoms with Crippen molar-refractivity contribution in [3.8, 4) is 0 Å². The lowest BCUT2D eigenvalue weighted by Gasteiger charge is -2.19. The average molecular weight is 206 g/mol. The summed E-state index contributed by atoms with van der Waals surface area (Å²) < 4.78 is 26.3. The molecule has 0 saturated heterocycles. The van der Waals surface area contributed by atoms with E-state index in [1.54, 1.807) is 13.0 Å². The van der Waals surface area contributed by atoms with Crippen LogP contribution in [0.1, 0.15) is 20.8 Å². The van der Waals surface area contributed by atoms with Gasteiger partial charge < -0.3 is 13.7 Å². The first-order valence-corrected chi connectivity index (χ1v) is 5.49.